The fraction of sp³-hybridized carbons (Fsp3) is 0.923. The van der Waals surface area contributed by atoms with Gasteiger partial charge < -0.3 is 10.6 Å². The molecular formula is C13H23F3N2O. The van der Waals surface area contributed by atoms with Crippen molar-refractivity contribution in [2.24, 2.45) is 5.92 Å². The molecule has 1 aliphatic rings. The van der Waals surface area contributed by atoms with Crippen LogP contribution in [0, 0.1) is 5.92 Å². The van der Waals surface area contributed by atoms with Crippen molar-refractivity contribution >= 4 is 5.91 Å². The molecule has 2 N–H and O–H groups in total. The van der Waals surface area contributed by atoms with Crippen LogP contribution in [0.5, 0.6) is 0 Å². The zero-order chi connectivity index (χ0) is 14.5. The van der Waals surface area contributed by atoms with Gasteiger partial charge >= 0.3 is 6.18 Å². The Balaban J connectivity index is 2.46. The summed E-state index contributed by atoms with van der Waals surface area (Å²) >= 11 is 0. The molecule has 0 heterocycles. The third-order valence-corrected chi connectivity index (χ3v) is 3.76. The fourth-order valence-corrected chi connectivity index (χ4v) is 2.36. The van der Waals surface area contributed by atoms with Crippen LogP contribution >= 0.6 is 0 Å². The van der Waals surface area contributed by atoms with Crippen molar-refractivity contribution in [3.8, 4) is 0 Å². The maximum Gasteiger partial charge on any atom is 0.393 e. The SMILES string of the molecule is CCC(C)NCC(=O)NC1CCCCC1C(F)(F)F. The van der Waals surface area contributed by atoms with E-state index < -0.39 is 18.1 Å². The van der Waals surface area contributed by atoms with Gasteiger partial charge in [0, 0.05) is 12.1 Å². The monoisotopic (exact) mass is 280 g/mol. The second-order valence-corrected chi connectivity index (χ2v) is 5.30. The first-order valence-corrected chi connectivity index (χ1v) is 6.94. The zero-order valence-corrected chi connectivity index (χ0v) is 11.5. The summed E-state index contributed by atoms with van der Waals surface area (Å²) in [5.41, 5.74) is 0. The van der Waals surface area contributed by atoms with Crippen molar-refractivity contribution < 1.29 is 18.0 Å². The van der Waals surface area contributed by atoms with Crippen LogP contribution in [0.1, 0.15) is 46.0 Å². The Bertz CT molecular complexity index is 294. The number of carbonyl (C=O) groups excluding carboxylic acids is 1. The smallest absolute Gasteiger partial charge is 0.352 e. The largest absolute Gasteiger partial charge is 0.393 e. The number of rotatable bonds is 5. The van der Waals surface area contributed by atoms with Gasteiger partial charge in [0.25, 0.3) is 0 Å². The molecule has 6 heteroatoms. The molecule has 1 amide bonds. The highest BCUT2D eigenvalue weighted by Crippen LogP contribution is 2.37. The highest BCUT2D eigenvalue weighted by molar-refractivity contribution is 5.78. The zero-order valence-electron chi connectivity index (χ0n) is 11.5. The molecule has 0 aromatic carbocycles. The first-order chi connectivity index (χ1) is 8.84. The molecule has 1 fully saturated rings. The predicted molar refractivity (Wildman–Crippen MR) is 67.7 cm³/mol. The van der Waals surface area contributed by atoms with Crippen LogP contribution < -0.4 is 10.6 Å². The summed E-state index contributed by atoms with van der Waals surface area (Å²) in [6.07, 6.45) is -1.48. The number of hydrogen-bond acceptors (Lipinski definition) is 2. The first kappa shape index (κ1) is 16.3. The maximum atomic E-state index is 12.8. The number of amides is 1. The summed E-state index contributed by atoms with van der Waals surface area (Å²) in [5.74, 6) is -1.74. The van der Waals surface area contributed by atoms with E-state index in [4.69, 9.17) is 0 Å². The molecule has 0 spiro atoms. The average molecular weight is 280 g/mol. The van der Waals surface area contributed by atoms with Crippen molar-refractivity contribution in [1.29, 1.82) is 0 Å². The van der Waals surface area contributed by atoms with Gasteiger partial charge in [0.1, 0.15) is 0 Å². The van der Waals surface area contributed by atoms with E-state index in [1.165, 1.54) is 0 Å². The van der Waals surface area contributed by atoms with E-state index in [1.807, 2.05) is 13.8 Å². The van der Waals surface area contributed by atoms with Gasteiger partial charge in [0.15, 0.2) is 0 Å². The highest BCUT2D eigenvalue weighted by Gasteiger charge is 2.45. The van der Waals surface area contributed by atoms with Gasteiger partial charge in [-0.15, -0.1) is 0 Å². The van der Waals surface area contributed by atoms with E-state index in [0.29, 0.717) is 12.8 Å². The normalized spacial score (nSPS) is 25.9. The van der Waals surface area contributed by atoms with Crippen molar-refractivity contribution in [3.63, 3.8) is 0 Å². The summed E-state index contributed by atoms with van der Waals surface area (Å²) in [4.78, 5) is 11.7. The molecule has 1 aliphatic carbocycles. The van der Waals surface area contributed by atoms with Crippen LogP contribution in [-0.2, 0) is 4.79 Å². The Hall–Kier alpha value is -0.780. The quantitative estimate of drug-likeness (QED) is 0.813. The van der Waals surface area contributed by atoms with Gasteiger partial charge in [-0.25, -0.2) is 0 Å². The molecule has 0 bridgehead atoms. The Morgan fingerprint density at radius 1 is 1.32 bits per heavy atom. The fourth-order valence-electron chi connectivity index (χ4n) is 2.36. The first-order valence-electron chi connectivity index (χ1n) is 6.94. The molecule has 1 saturated carbocycles. The van der Waals surface area contributed by atoms with Crippen LogP contribution in [0.25, 0.3) is 0 Å². The van der Waals surface area contributed by atoms with E-state index in [2.05, 4.69) is 10.6 Å². The minimum atomic E-state index is -4.22. The summed E-state index contributed by atoms with van der Waals surface area (Å²) in [7, 11) is 0. The van der Waals surface area contributed by atoms with Crippen LogP contribution in [0.15, 0.2) is 0 Å². The van der Waals surface area contributed by atoms with Crippen LogP contribution in [0.2, 0.25) is 0 Å². The molecule has 0 aromatic rings. The second-order valence-electron chi connectivity index (χ2n) is 5.30. The predicted octanol–water partition coefficient (Wildman–Crippen LogP) is 2.61. The molecule has 0 radical (unpaired) electrons. The van der Waals surface area contributed by atoms with E-state index >= 15 is 0 Å². The van der Waals surface area contributed by atoms with Gasteiger partial charge in [-0.3, -0.25) is 4.79 Å². The Kier molecular flexibility index (Phi) is 6.10. The lowest BCUT2D eigenvalue weighted by Crippen LogP contribution is -2.50. The molecule has 19 heavy (non-hydrogen) atoms. The number of nitrogens with one attached hydrogen (secondary N) is 2. The van der Waals surface area contributed by atoms with E-state index in [9.17, 15) is 18.0 Å². The standard InChI is InChI=1S/C13H23F3N2O/c1-3-9(2)17-8-12(19)18-11-7-5-4-6-10(11)13(14,15)16/h9-11,17H,3-8H2,1-2H3,(H,18,19). The average Bonchev–Trinajstić information content (AvgIpc) is 2.35. The summed E-state index contributed by atoms with van der Waals surface area (Å²) in [5, 5.41) is 5.52. The molecule has 0 saturated heterocycles. The lowest BCUT2D eigenvalue weighted by atomic mass is 9.84. The van der Waals surface area contributed by atoms with Crippen molar-refractivity contribution in [2.75, 3.05) is 6.54 Å². The highest BCUT2D eigenvalue weighted by atomic mass is 19.4. The molecule has 0 aromatic heterocycles. The lowest BCUT2D eigenvalue weighted by molar-refractivity contribution is -0.189. The molecule has 112 valence electrons. The van der Waals surface area contributed by atoms with Crippen molar-refractivity contribution in [1.82, 2.24) is 10.6 Å². The minimum absolute atomic E-state index is 0.0794. The molecule has 0 aliphatic heterocycles. The Morgan fingerprint density at radius 2 is 1.95 bits per heavy atom. The Morgan fingerprint density at radius 3 is 2.53 bits per heavy atom. The van der Waals surface area contributed by atoms with E-state index in [-0.39, 0.29) is 24.9 Å². The van der Waals surface area contributed by atoms with Crippen LogP contribution in [0.3, 0.4) is 0 Å². The van der Waals surface area contributed by atoms with Gasteiger partial charge in [-0.2, -0.15) is 13.2 Å². The van der Waals surface area contributed by atoms with Crippen LogP contribution in [0.4, 0.5) is 13.2 Å². The summed E-state index contributed by atoms with van der Waals surface area (Å²) in [6.45, 7) is 4.00. The van der Waals surface area contributed by atoms with Gasteiger partial charge in [-0.05, 0) is 26.2 Å². The van der Waals surface area contributed by atoms with E-state index in [1.54, 1.807) is 0 Å². The number of halogens is 3. The molecule has 3 nitrogen and oxygen atoms in total. The van der Waals surface area contributed by atoms with Gasteiger partial charge in [0.2, 0.25) is 5.91 Å². The third-order valence-electron chi connectivity index (χ3n) is 3.76. The number of carbonyl (C=O) groups is 1. The lowest BCUT2D eigenvalue weighted by Gasteiger charge is -2.33. The molecule has 1 rings (SSSR count). The van der Waals surface area contributed by atoms with Crippen LogP contribution in [-0.4, -0.2) is 30.7 Å². The Labute approximate surface area is 112 Å². The minimum Gasteiger partial charge on any atom is -0.352 e. The van der Waals surface area contributed by atoms with E-state index in [0.717, 1.165) is 12.8 Å². The maximum absolute atomic E-state index is 12.8. The summed E-state index contributed by atoms with van der Waals surface area (Å²) in [6, 6.07) is -0.574. The van der Waals surface area contributed by atoms with Gasteiger partial charge in [-0.1, -0.05) is 19.8 Å². The second kappa shape index (κ2) is 7.12. The molecular weight excluding hydrogens is 257 g/mol. The molecule has 3 unspecified atom stereocenters. The van der Waals surface area contributed by atoms with Crippen molar-refractivity contribution in [3.05, 3.63) is 0 Å². The molecule has 3 atom stereocenters. The topological polar surface area (TPSA) is 41.1 Å². The number of alkyl halides is 3. The third kappa shape index (κ3) is 5.38. The number of hydrogen-bond donors (Lipinski definition) is 2. The van der Waals surface area contributed by atoms with Crippen molar-refractivity contribution in [2.45, 2.75) is 64.2 Å². The summed E-state index contributed by atoms with van der Waals surface area (Å²) < 4.78 is 38.5. The van der Waals surface area contributed by atoms with Gasteiger partial charge in [0.05, 0.1) is 12.5 Å².